The summed E-state index contributed by atoms with van der Waals surface area (Å²) in [6.45, 7) is 2.16. The number of β-amino-alcohol motifs (C(OH)–C–C–N with tert-alkyl or cyclic N) is 1. The van der Waals surface area contributed by atoms with Crippen molar-refractivity contribution in [3.63, 3.8) is 0 Å². The average Bonchev–Trinajstić information content (AvgIpc) is 3.04. The van der Waals surface area contributed by atoms with Crippen molar-refractivity contribution < 1.29 is 14.3 Å². The number of carbonyl (C=O) groups is 1. The lowest BCUT2D eigenvalue weighted by atomic mass is 10.3. The number of aliphatic hydroxyl groups excluding tert-OH is 1. The number of amides is 1. The van der Waals surface area contributed by atoms with Crippen LogP contribution in [0.5, 0.6) is 0 Å². The molecule has 0 radical (unpaired) electrons. The smallest absolute Gasteiger partial charge is 0.222 e. The summed E-state index contributed by atoms with van der Waals surface area (Å²) in [5.41, 5.74) is 1.61. The third-order valence-electron chi connectivity index (χ3n) is 3.87. The van der Waals surface area contributed by atoms with Gasteiger partial charge < -0.3 is 14.4 Å². The SMILES string of the molecule is CN(Cc1nc2ccccc2o1)CC(O)CN1CCCC1=O. The van der Waals surface area contributed by atoms with E-state index in [4.69, 9.17) is 4.42 Å². The molecule has 1 atom stereocenters. The predicted octanol–water partition coefficient (Wildman–Crippen LogP) is 1.24. The van der Waals surface area contributed by atoms with Gasteiger partial charge in [-0.15, -0.1) is 0 Å². The van der Waals surface area contributed by atoms with Crippen molar-refractivity contribution in [2.24, 2.45) is 0 Å². The number of aromatic nitrogens is 1. The number of rotatable bonds is 6. The van der Waals surface area contributed by atoms with Gasteiger partial charge in [-0.1, -0.05) is 12.1 Å². The van der Waals surface area contributed by atoms with E-state index >= 15 is 0 Å². The number of fused-ring (bicyclic) bond motifs is 1. The van der Waals surface area contributed by atoms with E-state index in [0.717, 1.165) is 24.1 Å². The van der Waals surface area contributed by atoms with Crippen LogP contribution in [0.4, 0.5) is 0 Å². The fourth-order valence-corrected chi connectivity index (χ4v) is 2.85. The van der Waals surface area contributed by atoms with Crippen molar-refractivity contribution in [2.75, 3.05) is 26.7 Å². The molecule has 2 aromatic rings. The summed E-state index contributed by atoms with van der Waals surface area (Å²) in [4.78, 5) is 19.7. The van der Waals surface area contributed by atoms with Gasteiger partial charge >= 0.3 is 0 Å². The molecule has 1 saturated heterocycles. The van der Waals surface area contributed by atoms with Crippen LogP contribution in [0.2, 0.25) is 0 Å². The first-order valence-electron chi connectivity index (χ1n) is 7.60. The number of hydrogen-bond acceptors (Lipinski definition) is 5. The van der Waals surface area contributed by atoms with E-state index in [0.29, 0.717) is 31.9 Å². The number of oxazole rings is 1. The molecule has 6 nitrogen and oxygen atoms in total. The molecule has 1 N–H and O–H groups in total. The number of para-hydroxylation sites is 2. The van der Waals surface area contributed by atoms with Crippen molar-refractivity contribution in [1.29, 1.82) is 0 Å². The van der Waals surface area contributed by atoms with E-state index in [-0.39, 0.29) is 5.91 Å². The van der Waals surface area contributed by atoms with Crippen LogP contribution in [0.15, 0.2) is 28.7 Å². The van der Waals surface area contributed by atoms with Crippen molar-refractivity contribution in [2.45, 2.75) is 25.5 Å². The Kier molecular flexibility index (Phi) is 4.40. The Bertz CT molecular complexity index is 622. The van der Waals surface area contributed by atoms with Gasteiger partial charge in [0.1, 0.15) is 5.52 Å². The number of aliphatic hydroxyl groups is 1. The minimum Gasteiger partial charge on any atom is -0.439 e. The number of hydrogen-bond donors (Lipinski definition) is 1. The summed E-state index contributed by atoms with van der Waals surface area (Å²) >= 11 is 0. The van der Waals surface area contributed by atoms with Crippen LogP contribution in [-0.4, -0.2) is 58.6 Å². The highest BCUT2D eigenvalue weighted by Crippen LogP contribution is 2.16. The van der Waals surface area contributed by atoms with E-state index in [1.165, 1.54) is 0 Å². The molecule has 1 unspecified atom stereocenters. The van der Waals surface area contributed by atoms with Crippen LogP contribution >= 0.6 is 0 Å². The first kappa shape index (κ1) is 15.0. The Labute approximate surface area is 129 Å². The van der Waals surface area contributed by atoms with Crippen LogP contribution in [0.1, 0.15) is 18.7 Å². The summed E-state index contributed by atoms with van der Waals surface area (Å²) < 4.78 is 5.67. The van der Waals surface area contributed by atoms with Crippen LogP contribution in [0.25, 0.3) is 11.1 Å². The Hall–Kier alpha value is -1.92. The Balaban J connectivity index is 1.53. The van der Waals surface area contributed by atoms with Crippen molar-refractivity contribution in [3.05, 3.63) is 30.2 Å². The molecule has 3 rings (SSSR count). The van der Waals surface area contributed by atoms with Crippen LogP contribution in [0, 0.1) is 0 Å². The molecule has 0 saturated carbocycles. The minimum atomic E-state index is -0.559. The molecule has 2 heterocycles. The highest BCUT2D eigenvalue weighted by molar-refractivity contribution is 5.78. The highest BCUT2D eigenvalue weighted by Gasteiger charge is 2.23. The second-order valence-corrected chi connectivity index (χ2v) is 5.87. The maximum Gasteiger partial charge on any atom is 0.222 e. The normalized spacial score (nSPS) is 16.9. The van der Waals surface area contributed by atoms with Gasteiger partial charge in [-0.25, -0.2) is 4.98 Å². The van der Waals surface area contributed by atoms with Crippen molar-refractivity contribution >= 4 is 17.0 Å². The van der Waals surface area contributed by atoms with Gasteiger partial charge in [0.15, 0.2) is 5.58 Å². The highest BCUT2D eigenvalue weighted by atomic mass is 16.3. The Morgan fingerprint density at radius 1 is 1.45 bits per heavy atom. The van der Waals surface area contributed by atoms with Gasteiger partial charge in [-0.05, 0) is 25.6 Å². The van der Waals surface area contributed by atoms with Gasteiger partial charge in [-0.2, -0.15) is 0 Å². The molecule has 1 aliphatic rings. The summed E-state index contributed by atoms with van der Waals surface area (Å²) in [5.74, 6) is 0.772. The number of likely N-dealkylation sites (N-methyl/N-ethyl adjacent to an activating group) is 1. The number of likely N-dealkylation sites (tertiary alicyclic amines) is 1. The number of benzene rings is 1. The third-order valence-corrected chi connectivity index (χ3v) is 3.87. The second-order valence-electron chi connectivity index (χ2n) is 5.87. The fourth-order valence-electron chi connectivity index (χ4n) is 2.85. The van der Waals surface area contributed by atoms with Gasteiger partial charge in [0.2, 0.25) is 11.8 Å². The molecule has 1 aromatic heterocycles. The molecule has 22 heavy (non-hydrogen) atoms. The molecule has 0 bridgehead atoms. The first-order chi connectivity index (χ1) is 10.6. The predicted molar refractivity (Wildman–Crippen MR) is 82.2 cm³/mol. The zero-order valence-corrected chi connectivity index (χ0v) is 12.7. The van der Waals surface area contributed by atoms with Gasteiger partial charge in [0, 0.05) is 26.1 Å². The lowest BCUT2D eigenvalue weighted by Gasteiger charge is -2.23. The van der Waals surface area contributed by atoms with Crippen molar-refractivity contribution in [1.82, 2.24) is 14.8 Å². The fraction of sp³-hybridized carbons (Fsp3) is 0.500. The van der Waals surface area contributed by atoms with Gasteiger partial charge in [-0.3, -0.25) is 9.69 Å². The van der Waals surface area contributed by atoms with Crippen LogP contribution < -0.4 is 0 Å². The van der Waals surface area contributed by atoms with Gasteiger partial charge in [0.05, 0.1) is 12.6 Å². The lowest BCUT2D eigenvalue weighted by molar-refractivity contribution is -0.129. The number of carbonyl (C=O) groups excluding carboxylic acids is 1. The quantitative estimate of drug-likeness (QED) is 0.869. The molecule has 118 valence electrons. The van der Waals surface area contributed by atoms with E-state index in [1.807, 2.05) is 36.2 Å². The molecule has 1 aliphatic heterocycles. The average molecular weight is 303 g/mol. The largest absolute Gasteiger partial charge is 0.439 e. The summed E-state index contributed by atoms with van der Waals surface area (Å²) in [6, 6.07) is 7.64. The molecule has 1 amide bonds. The van der Waals surface area contributed by atoms with Crippen molar-refractivity contribution in [3.8, 4) is 0 Å². The van der Waals surface area contributed by atoms with Crippen LogP contribution in [0.3, 0.4) is 0 Å². The maximum absolute atomic E-state index is 11.6. The third kappa shape index (κ3) is 3.45. The maximum atomic E-state index is 11.6. The zero-order chi connectivity index (χ0) is 15.5. The molecular formula is C16H21N3O3. The molecule has 6 heteroatoms. The minimum absolute atomic E-state index is 0.139. The first-order valence-corrected chi connectivity index (χ1v) is 7.60. The second kappa shape index (κ2) is 6.46. The Morgan fingerprint density at radius 3 is 3.00 bits per heavy atom. The number of nitrogens with zero attached hydrogens (tertiary/aromatic N) is 3. The van der Waals surface area contributed by atoms with E-state index in [2.05, 4.69) is 4.98 Å². The van der Waals surface area contributed by atoms with Crippen LogP contribution in [-0.2, 0) is 11.3 Å². The molecule has 0 aliphatic carbocycles. The monoisotopic (exact) mass is 303 g/mol. The van der Waals surface area contributed by atoms with E-state index in [1.54, 1.807) is 4.90 Å². The standard InChI is InChI=1S/C16H21N3O3/c1-18(9-12(20)10-19-8-4-7-16(19)21)11-15-17-13-5-2-3-6-14(13)22-15/h2-3,5-6,12,20H,4,7-11H2,1H3. The van der Waals surface area contributed by atoms with Gasteiger partial charge in [0.25, 0.3) is 0 Å². The molecule has 0 spiro atoms. The van der Waals surface area contributed by atoms with E-state index in [9.17, 15) is 9.90 Å². The Morgan fingerprint density at radius 2 is 2.27 bits per heavy atom. The zero-order valence-electron chi connectivity index (χ0n) is 12.7. The summed E-state index contributed by atoms with van der Waals surface area (Å²) in [5, 5.41) is 10.1. The molecule has 1 aromatic carbocycles. The summed E-state index contributed by atoms with van der Waals surface area (Å²) in [7, 11) is 1.91. The topological polar surface area (TPSA) is 69.8 Å². The molecule has 1 fully saturated rings. The molecular weight excluding hydrogens is 282 g/mol. The summed E-state index contributed by atoms with van der Waals surface area (Å²) in [6.07, 6.45) is 0.937. The lowest BCUT2D eigenvalue weighted by Crippen LogP contribution is -2.39. The van der Waals surface area contributed by atoms with E-state index < -0.39 is 6.10 Å².